The molecule has 0 aliphatic rings. The van der Waals surface area contributed by atoms with Gasteiger partial charge in [-0.05, 0) is 6.92 Å². The normalized spacial score (nSPS) is 10.3. The predicted octanol–water partition coefficient (Wildman–Crippen LogP) is 3.50. The fourth-order valence-corrected chi connectivity index (χ4v) is 1.61. The number of aromatic nitrogens is 1. The minimum Gasteiger partial charge on any atom is -0.464 e. The quantitative estimate of drug-likeness (QED) is 0.854. The zero-order valence-electron chi connectivity index (χ0n) is 8.24. The number of benzene rings is 1. The molecule has 15 heavy (non-hydrogen) atoms. The molecule has 4 heteroatoms. The van der Waals surface area contributed by atoms with Crippen LogP contribution in [0.3, 0.4) is 0 Å². The molecule has 0 aliphatic carbocycles. The molecule has 0 saturated heterocycles. The molecule has 0 amide bonds. The molecule has 78 valence electrons. The van der Waals surface area contributed by atoms with Crippen molar-refractivity contribution in [2.45, 2.75) is 6.92 Å². The van der Waals surface area contributed by atoms with E-state index in [1.165, 1.54) is 0 Å². The van der Waals surface area contributed by atoms with Crippen molar-refractivity contribution in [1.29, 1.82) is 0 Å². The Bertz CT molecular complexity index is 439. The molecule has 0 fully saturated rings. The van der Waals surface area contributed by atoms with Crippen LogP contribution in [0.5, 0.6) is 5.95 Å². The molecule has 0 unspecified atom stereocenters. The first kappa shape index (κ1) is 10.2. The molecule has 3 nitrogen and oxygen atoms in total. The van der Waals surface area contributed by atoms with E-state index in [4.69, 9.17) is 9.15 Å². The van der Waals surface area contributed by atoms with Gasteiger partial charge in [0.2, 0.25) is 0 Å². The molecule has 2 rings (SSSR count). The van der Waals surface area contributed by atoms with Gasteiger partial charge in [0.15, 0.2) is 5.69 Å². The topological polar surface area (TPSA) is 35.3 Å². The Kier molecular flexibility index (Phi) is 3.06. The average molecular weight is 268 g/mol. The summed E-state index contributed by atoms with van der Waals surface area (Å²) in [5.74, 6) is 0.454. The molecule has 2 aromatic rings. The number of hydrogen-bond acceptors (Lipinski definition) is 3. The maximum absolute atomic E-state index is 5.35. The highest BCUT2D eigenvalue weighted by molar-refractivity contribution is 9.10. The maximum Gasteiger partial charge on any atom is 0.314 e. The fourth-order valence-electron chi connectivity index (χ4n) is 1.29. The first-order valence-electron chi connectivity index (χ1n) is 4.66. The average Bonchev–Trinajstić information content (AvgIpc) is 2.62. The number of hydrogen-bond donors (Lipinski definition) is 0. The number of halogens is 1. The minimum absolute atomic E-state index is 0.435. The van der Waals surface area contributed by atoms with Crippen LogP contribution in [0.15, 0.2) is 39.5 Å². The van der Waals surface area contributed by atoms with Crippen LogP contribution in [0, 0.1) is 0 Å². The summed E-state index contributed by atoms with van der Waals surface area (Å²) in [5, 5.41) is 0. The largest absolute Gasteiger partial charge is 0.464 e. The van der Waals surface area contributed by atoms with Crippen LogP contribution in [0.2, 0.25) is 0 Å². The highest BCUT2D eigenvalue weighted by Gasteiger charge is 2.14. The van der Waals surface area contributed by atoms with Crippen molar-refractivity contribution in [3.05, 3.63) is 35.1 Å². The Morgan fingerprint density at radius 2 is 2.07 bits per heavy atom. The van der Waals surface area contributed by atoms with Gasteiger partial charge in [0.05, 0.1) is 6.61 Å². The highest BCUT2D eigenvalue weighted by atomic mass is 79.9. The molecule has 1 aromatic heterocycles. The monoisotopic (exact) mass is 267 g/mol. The molecule has 0 atom stereocenters. The Balaban J connectivity index is 2.43. The number of rotatable bonds is 3. The summed E-state index contributed by atoms with van der Waals surface area (Å²) in [6, 6.07) is 9.79. The standard InChI is InChI=1S/C11H10BrNO2/c1-2-14-10-9(13-11(12)15-10)8-6-4-3-5-7-8/h3-7H,2H2,1H3. The van der Waals surface area contributed by atoms with Crippen molar-refractivity contribution in [2.75, 3.05) is 6.61 Å². The van der Waals surface area contributed by atoms with E-state index >= 15 is 0 Å². The lowest BCUT2D eigenvalue weighted by Gasteiger charge is -2.00. The van der Waals surface area contributed by atoms with Crippen molar-refractivity contribution in [3.63, 3.8) is 0 Å². The SMILES string of the molecule is CCOc1oc(Br)nc1-c1ccccc1. The van der Waals surface area contributed by atoms with Gasteiger partial charge in [0, 0.05) is 21.5 Å². The minimum atomic E-state index is 0.435. The van der Waals surface area contributed by atoms with Crippen molar-refractivity contribution in [3.8, 4) is 17.2 Å². The fraction of sp³-hybridized carbons (Fsp3) is 0.182. The van der Waals surface area contributed by atoms with Gasteiger partial charge in [0.25, 0.3) is 4.80 Å². The Morgan fingerprint density at radius 1 is 1.33 bits per heavy atom. The maximum atomic E-state index is 5.35. The van der Waals surface area contributed by atoms with Crippen LogP contribution < -0.4 is 4.74 Å². The van der Waals surface area contributed by atoms with Crippen molar-refractivity contribution >= 4 is 15.9 Å². The first-order chi connectivity index (χ1) is 7.31. The van der Waals surface area contributed by atoms with Gasteiger partial charge in [-0.15, -0.1) is 0 Å². The lowest BCUT2D eigenvalue weighted by atomic mass is 10.2. The summed E-state index contributed by atoms with van der Waals surface area (Å²) in [5.41, 5.74) is 1.71. The van der Waals surface area contributed by atoms with Crippen molar-refractivity contribution < 1.29 is 9.15 Å². The first-order valence-corrected chi connectivity index (χ1v) is 5.45. The Morgan fingerprint density at radius 3 is 2.73 bits per heavy atom. The molecule has 0 saturated carbocycles. The lowest BCUT2D eigenvalue weighted by Crippen LogP contribution is -1.91. The summed E-state index contributed by atoms with van der Waals surface area (Å²) in [7, 11) is 0. The summed E-state index contributed by atoms with van der Waals surface area (Å²) in [6.45, 7) is 2.46. The van der Waals surface area contributed by atoms with E-state index in [0.717, 1.165) is 11.3 Å². The zero-order chi connectivity index (χ0) is 10.7. The summed E-state index contributed by atoms with van der Waals surface area (Å²) in [4.78, 5) is 4.66. The van der Waals surface area contributed by atoms with Gasteiger partial charge >= 0.3 is 5.95 Å². The van der Waals surface area contributed by atoms with Crippen LogP contribution in [0.1, 0.15) is 6.92 Å². The van der Waals surface area contributed by atoms with Gasteiger partial charge in [-0.2, -0.15) is 4.98 Å². The van der Waals surface area contributed by atoms with E-state index in [-0.39, 0.29) is 0 Å². The van der Waals surface area contributed by atoms with Gasteiger partial charge in [-0.25, -0.2) is 0 Å². The van der Waals surface area contributed by atoms with E-state index in [1.54, 1.807) is 0 Å². The predicted molar refractivity (Wildman–Crippen MR) is 60.8 cm³/mol. The molecule has 1 aromatic carbocycles. The molecule has 0 bridgehead atoms. The van der Waals surface area contributed by atoms with E-state index < -0.39 is 0 Å². The molecule has 0 radical (unpaired) electrons. The van der Waals surface area contributed by atoms with Gasteiger partial charge in [-0.1, -0.05) is 30.3 Å². The Labute approximate surface area is 96.2 Å². The number of oxazole rings is 1. The molecular weight excluding hydrogens is 258 g/mol. The summed E-state index contributed by atoms with van der Waals surface area (Å²) < 4.78 is 10.6. The second-order valence-electron chi connectivity index (χ2n) is 2.90. The van der Waals surface area contributed by atoms with Crippen LogP contribution in [0.25, 0.3) is 11.3 Å². The summed E-state index contributed by atoms with van der Waals surface area (Å²) in [6.07, 6.45) is 0. The third kappa shape index (κ3) is 2.21. The molecule has 0 spiro atoms. The zero-order valence-corrected chi connectivity index (χ0v) is 9.82. The van der Waals surface area contributed by atoms with E-state index in [2.05, 4.69) is 20.9 Å². The lowest BCUT2D eigenvalue weighted by molar-refractivity contribution is 0.254. The van der Waals surface area contributed by atoms with Gasteiger partial charge in [0.1, 0.15) is 0 Å². The van der Waals surface area contributed by atoms with E-state index in [1.807, 2.05) is 37.3 Å². The van der Waals surface area contributed by atoms with E-state index in [9.17, 15) is 0 Å². The van der Waals surface area contributed by atoms with Crippen molar-refractivity contribution in [1.82, 2.24) is 4.98 Å². The van der Waals surface area contributed by atoms with E-state index in [0.29, 0.717) is 17.4 Å². The number of nitrogens with zero attached hydrogens (tertiary/aromatic N) is 1. The third-order valence-corrected chi connectivity index (χ3v) is 2.23. The molecular formula is C11H10BrNO2. The highest BCUT2D eigenvalue weighted by Crippen LogP contribution is 2.32. The molecule has 0 N–H and O–H groups in total. The third-order valence-electron chi connectivity index (χ3n) is 1.89. The van der Waals surface area contributed by atoms with Crippen molar-refractivity contribution in [2.24, 2.45) is 0 Å². The number of ether oxygens (including phenoxy) is 1. The van der Waals surface area contributed by atoms with Gasteiger partial charge in [-0.3, -0.25) is 0 Å². The van der Waals surface area contributed by atoms with Crippen LogP contribution in [0.4, 0.5) is 0 Å². The molecule has 1 heterocycles. The second kappa shape index (κ2) is 4.49. The smallest absolute Gasteiger partial charge is 0.314 e. The second-order valence-corrected chi connectivity index (χ2v) is 3.58. The van der Waals surface area contributed by atoms with Crippen LogP contribution in [-0.4, -0.2) is 11.6 Å². The van der Waals surface area contributed by atoms with Crippen LogP contribution in [-0.2, 0) is 0 Å². The van der Waals surface area contributed by atoms with Crippen LogP contribution >= 0.6 is 15.9 Å². The summed E-state index contributed by atoms with van der Waals surface area (Å²) >= 11 is 3.19. The molecule has 0 aliphatic heterocycles. The Hall–Kier alpha value is -1.29. The van der Waals surface area contributed by atoms with Gasteiger partial charge < -0.3 is 9.15 Å².